The van der Waals surface area contributed by atoms with Crippen LogP contribution < -0.4 is 10.6 Å². The van der Waals surface area contributed by atoms with E-state index in [0.717, 1.165) is 23.2 Å². The summed E-state index contributed by atoms with van der Waals surface area (Å²) in [6.07, 6.45) is 5.72. The molecule has 0 bridgehead atoms. The van der Waals surface area contributed by atoms with E-state index in [0.29, 0.717) is 12.0 Å². The predicted molar refractivity (Wildman–Crippen MR) is 74.8 cm³/mol. The molecule has 0 spiro atoms. The molecule has 1 fully saturated rings. The highest BCUT2D eigenvalue weighted by atomic mass is 79.9. The summed E-state index contributed by atoms with van der Waals surface area (Å²) in [5.74, 6) is 0.689. The lowest BCUT2D eigenvalue weighted by Gasteiger charge is -2.23. The molecule has 0 aliphatic carbocycles. The number of piperidine rings is 1. The molecule has 1 atom stereocenters. The van der Waals surface area contributed by atoms with Crippen LogP contribution >= 0.6 is 15.9 Å². The summed E-state index contributed by atoms with van der Waals surface area (Å²) in [4.78, 5) is 4.46. The van der Waals surface area contributed by atoms with Crippen molar-refractivity contribution >= 4 is 27.5 Å². The Morgan fingerprint density at radius 1 is 1.50 bits per heavy atom. The van der Waals surface area contributed by atoms with Crippen molar-refractivity contribution in [2.24, 2.45) is 0 Å². The third-order valence-electron chi connectivity index (χ3n) is 3.23. The highest BCUT2D eigenvalue weighted by molar-refractivity contribution is 9.10. The van der Waals surface area contributed by atoms with E-state index in [-0.39, 0.29) is 0 Å². The molecule has 3 heterocycles. The van der Waals surface area contributed by atoms with Crippen LogP contribution in [0.5, 0.6) is 0 Å². The number of pyridine rings is 1. The molecule has 6 heteroatoms. The summed E-state index contributed by atoms with van der Waals surface area (Å²) in [5.41, 5.74) is 0.844. The molecule has 1 saturated heterocycles. The quantitative estimate of drug-likeness (QED) is 0.911. The SMILES string of the molecule is Brc1cccn2nc(NCC3CCCCN3)nc12. The second-order valence-corrected chi connectivity index (χ2v) is 5.44. The van der Waals surface area contributed by atoms with Crippen molar-refractivity contribution in [3.63, 3.8) is 0 Å². The van der Waals surface area contributed by atoms with Gasteiger partial charge in [0, 0.05) is 18.8 Å². The minimum Gasteiger partial charge on any atom is -0.351 e. The first-order valence-corrected chi connectivity index (χ1v) is 7.10. The molecule has 96 valence electrons. The van der Waals surface area contributed by atoms with E-state index in [4.69, 9.17) is 0 Å². The highest BCUT2D eigenvalue weighted by Crippen LogP contribution is 2.17. The van der Waals surface area contributed by atoms with Crippen LogP contribution in [0.2, 0.25) is 0 Å². The average Bonchev–Trinajstić information content (AvgIpc) is 2.82. The summed E-state index contributed by atoms with van der Waals surface area (Å²) in [6, 6.07) is 4.45. The van der Waals surface area contributed by atoms with E-state index in [1.807, 2.05) is 18.3 Å². The highest BCUT2D eigenvalue weighted by Gasteiger charge is 2.13. The zero-order valence-electron chi connectivity index (χ0n) is 10.1. The Bertz CT molecular complexity index is 532. The van der Waals surface area contributed by atoms with Gasteiger partial charge in [0.2, 0.25) is 5.95 Å². The van der Waals surface area contributed by atoms with E-state index < -0.39 is 0 Å². The summed E-state index contributed by atoms with van der Waals surface area (Å²) in [5, 5.41) is 11.2. The van der Waals surface area contributed by atoms with Gasteiger partial charge in [-0.3, -0.25) is 0 Å². The van der Waals surface area contributed by atoms with Gasteiger partial charge in [0.1, 0.15) is 0 Å². The Kier molecular flexibility index (Phi) is 3.47. The largest absolute Gasteiger partial charge is 0.351 e. The maximum atomic E-state index is 4.46. The Morgan fingerprint density at radius 2 is 2.44 bits per heavy atom. The molecule has 5 nitrogen and oxygen atoms in total. The lowest BCUT2D eigenvalue weighted by atomic mass is 10.1. The first kappa shape index (κ1) is 11.9. The molecule has 2 aromatic rings. The number of aromatic nitrogens is 3. The molecule has 18 heavy (non-hydrogen) atoms. The fourth-order valence-electron chi connectivity index (χ4n) is 2.26. The van der Waals surface area contributed by atoms with Crippen LogP contribution in [-0.4, -0.2) is 33.7 Å². The van der Waals surface area contributed by atoms with Gasteiger partial charge in [-0.15, -0.1) is 5.10 Å². The van der Waals surface area contributed by atoms with Gasteiger partial charge in [0.05, 0.1) is 4.47 Å². The van der Waals surface area contributed by atoms with Crippen molar-refractivity contribution in [1.82, 2.24) is 19.9 Å². The van der Waals surface area contributed by atoms with Gasteiger partial charge < -0.3 is 10.6 Å². The third-order valence-corrected chi connectivity index (χ3v) is 3.85. The summed E-state index contributed by atoms with van der Waals surface area (Å²) in [6.45, 7) is 2.00. The molecule has 3 rings (SSSR count). The fraction of sp³-hybridized carbons (Fsp3) is 0.500. The van der Waals surface area contributed by atoms with Crippen LogP contribution in [0.1, 0.15) is 19.3 Å². The Hall–Kier alpha value is -1.14. The van der Waals surface area contributed by atoms with Crippen LogP contribution in [0.3, 0.4) is 0 Å². The lowest BCUT2D eigenvalue weighted by Crippen LogP contribution is -2.39. The number of anilines is 1. The van der Waals surface area contributed by atoms with E-state index in [1.54, 1.807) is 4.52 Å². The first-order chi connectivity index (χ1) is 8.83. The van der Waals surface area contributed by atoms with Crippen molar-refractivity contribution in [2.75, 3.05) is 18.4 Å². The van der Waals surface area contributed by atoms with Gasteiger partial charge >= 0.3 is 0 Å². The first-order valence-electron chi connectivity index (χ1n) is 6.31. The number of halogens is 1. The second kappa shape index (κ2) is 5.24. The zero-order valence-corrected chi connectivity index (χ0v) is 11.7. The van der Waals surface area contributed by atoms with E-state index in [1.165, 1.54) is 19.3 Å². The standard InChI is InChI=1S/C12H16BrN5/c13-10-5-3-7-18-11(10)16-12(17-18)15-8-9-4-1-2-6-14-9/h3,5,7,9,14H,1-2,4,6,8H2,(H,15,17). The number of nitrogens with zero attached hydrogens (tertiary/aromatic N) is 3. The van der Waals surface area contributed by atoms with Crippen LogP contribution in [0.15, 0.2) is 22.8 Å². The predicted octanol–water partition coefficient (Wildman–Crippen LogP) is 2.05. The van der Waals surface area contributed by atoms with Crippen LogP contribution in [0, 0.1) is 0 Å². The number of hydrogen-bond donors (Lipinski definition) is 2. The summed E-state index contributed by atoms with van der Waals surface area (Å²) < 4.78 is 2.74. The fourth-order valence-corrected chi connectivity index (χ4v) is 2.68. The summed E-state index contributed by atoms with van der Waals surface area (Å²) in [7, 11) is 0. The molecule has 1 aliphatic heterocycles. The molecule has 2 aromatic heterocycles. The van der Waals surface area contributed by atoms with Crippen LogP contribution in [0.4, 0.5) is 5.95 Å². The Labute approximate surface area is 114 Å². The van der Waals surface area contributed by atoms with Crippen molar-refractivity contribution in [3.8, 4) is 0 Å². The summed E-state index contributed by atoms with van der Waals surface area (Å²) >= 11 is 3.47. The average molecular weight is 310 g/mol. The number of rotatable bonds is 3. The molecule has 1 aliphatic rings. The molecule has 0 radical (unpaired) electrons. The topological polar surface area (TPSA) is 54.2 Å². The third kappa shape index (κ3) is 2.49. The molecule has 1 unspecified atom stereocenters. The van der Waals surface area contributed by atoms with Gasteiger partial charge in [-0.25, -0.2) is 4.52 Å². The van der Waals surface area contributed by atoms with Crippen LogP contribution in [-0.2, 0) is 0 Å². The van der Waals surface area contributed by atoms with E-state index in [9.17, 15) is 0 Å². The second-order valence-electron chi connectivity index (χ2n) is 4.59. The molecule has 2 N–H and O–H groups in total. The number of fused-ring (bicyclic) bond motifs is 1. The maximum Gasteiger partial charge on any atom is 0.243 e. The van der Waals surface area contributed by atoms with Gasteiger partial charge in [-0.05, 0) is 47.4 Å². The van der Waals surface area contributed by atoms with Crippen molar-refractivity contribution in [3.05, 3.63) is 22.8 Å². The van der Waals surface area contributed by atoms with E-state index >= 15 is 0 Å². The maximum absolute atomic E-state index is 4.46. The number of nitrogens with one attached hydrogen (secondary N) is 2. The van der Waals surface area contributed by atoms with Gasteiger partial charge in [-0.1, -0.05) is 6.42 Å². The number of hydrogen-bond acceptors (Lipinski definition) is 4. The van der Waals surface area contributed by atoms with Crippen molar-refractivity contribution < 1.29 is 0 Å². The Balaban J connectivity index is 1.69. The van der Waals surface area contributed by atoms with Gasteiger partial charge in [-0.2, -0.15) is 4.98 Å². The van der Waals surface area contributed by atoms with Crippen LogP contribution in [0.25, 0.3) is 5.65 Å². The van der Waals surface area contributed by atoms with Crippen molar-refractivity contribution in [2.45, 2.75) is 25.3 Å². The Morgan fingerprint density at radius 3 is 3.22 bits per heavy atom. The molecular weight excluding hydrogens is 294 g/mol. The van der Waals surface area contributed by atoms with Gasteiger partial charge in [0.25, 0.3) is 0 Å². The molecule has 0 aromatic carbocycles. The van der Waals surface area contributed by atoms with E-state index in [2.05, 4.69) is 36.6 Å². The lowest BCUT2D eigenvalue weighted by molar-refractivity contribution is 0.413. The van der Waals surface area contributed by atoms with Crippen molar-refractivity contribution in [1.29, 1.82) is 0 Å². The normalized spacial score (nSPS) is 20.2. The van der Waals surface area contributed by atoms with Gasteiger partial charge in [0.15, 0.2) is 5.65 Å². The smallest absolute Gasteiger partial charge is 0.243 e. The zero-order chi connectivity index (χ0) is 12.4. The monoisotopic (exact) mass is 309 g/mol. The molecule has 0 amide bonds. The minimum absolute atomic E-state index is 0.536. The molecule has 0 saturated carbocycles. The minimum atomic E-state index is 0.536. The molecular formula is C12H16BrN5.